The van der Waals surface area contributed by atoms with Crippen molar-refractivity contribution in [1.82, 2.24) is 4.98 Å². The van der Waals surface area contributed by atoms with Gasteiger partial charge >= 0.3 is 5.97 Å². The van der Waals surface area contributed by atoms with E-state index in [0.29, 0.717) is 12.1 Å². The molecule has 0 aliphatic rings. The normalized spacial score (nSPS) is 10.6. The molecule has 0 unspecified atom stereocenters. The van der Waals surface area contributed by atoms with E-state index in [2.05, 4.69) is 4.98 Å². The zero-order chi connectivity index (χ0) is 13.3. The van der Waals surface area contributed by atoms with Crippen LogP contribution in [0.4, 0.5) is 4.39 Å². The minimum atomic E-state index is -1.20. The van der Waals surface area contributed by atoms with Gasteiger partial charge in [-0.25, -0.2) is 14.2 Å². The molecule has 1 aromatic heterocycles. The molecule has 0 radical (unpaired) electrons. The summed E-state index contributed by atoms with van der Waals surface area (Å²) in [6.45, 7) is 3.57. The Morgan fingerprint density at radius 3 is 2.78 bits per heavy atom. The third-order valence-electron chi connectivity index (χ3n) is 2.58. The van der Waals surface area contributed by atoms with Gasteiger partial charge in [0.15, 0.2) is 0 Å². The Kier molecular flexibility index (Phi) is 3.14. The number of rotatable bonds is 3. The molecule has 18 heavy (non-hydrogen) atoms. The van der Waals surface area contributed by atoms with Crippen molar-refractivity contribution in [3.63, 3.8) is 0 Å². The van der Waals surface area contributed by atoms with Crippen LogP contribution < -0.4 is 0 Å². The third-order valence-corrected chi connectivity index (χ3v) is 2.58. The van der Waals surface area contributed by atoms with Gasteiger partial charge in [-0.2, -0.15) is 0 Å². The van der Waals surface area contributed by atoms with E-state index in [0.717, 1.165) is 5.56 Å². The van der Waals surface area contributed by atoms with Gasteiger partial charge in [0, 0.05) is 0 Å². The fourth-order valence-electron chi connectivity index (χ4n) is 1.68. The smallest absolute Gasteiger partial charge is 0.373 e. The zero-order valence-corrected chi connectivity index (χ0v) is 10.0. The van der Waals surface area contributed by atoms with Crippen molar-refractivity contribution < 1.29 is 18.7 Å². The van der Waals surface area contributed by atoms with Gasteiger partial charge in [0.2, 0.25) is 11.7 Å². The highest BCUT2D eigenvalue weighted by molar-refractivity contribution is 5.86. The van der Waals surface area contributed by atoms with E-state index in [1.54, 1.807) is 19.1 Å². The Hall–Kier alpha value is -2.17. The number of aromatic carboxylic acids is 1. The van der Waals surface area contributed by atoms with Gasteiger partial charge in [0.05, 0.1) is 11.3 Å². The number of carboxylic acids is 1. The first-order valence-electron chi connectivity index (χ1n) is 5.52. The summed E-state index contributed by atoms with van der Waals surface area (Å²) in [5.41, 5.74) is 1.34. The van der Waals surface area contributed by atoms with Gasteiger partial charge in [-0.1, -0.05) is 18.6 Å². The molecule has 0 bridgehead atoms. The van der Waals surface area contributed by atoms with E-state index in [4.69, 9.17) is 9.52 Å². The van der Waals surface area contributed by atoms with Gasteiger partial charge < -0.3 is 9.52 Å². The summed E-state index contributed by atoms with van der Waals surface area (Å²) >= 11 is 0. The second kappa shape index (κ2) is 4.60. The lowest BCUT2D eigenvalue weighted by Gasteiger charge is -1.99. The van der Waals surface area contributed by atoms with E-state index in [-0.39, 0.29) is 17.2 Å². The number of benzene rings is 1. The van der Waals surface area contributed by atoms with Crippen LogP contribution in [0.15, 0.2) is 22.6 Å². The van der Waals surface area contributed by atoms with Crippen molar-refractivity contribution in [3.05, 3.63) is 41.0 Å². The Morgan fingerprint density at radius 1 is 1.50 bits per heavy atom. The fraction of sp³-hybridized carbons (Fsp3) is 0.231. The van der Waals surface area contributed by atoms with Crippen molar-refractivity contribution in [2.24, 2.45) is 0 Å². The van der Waals surface area contributed by atoms with Crippen molar-refractivity contribution in [1.29, 1.82) is 0 Å². The molecule has 94 valence electrons. The first-order valence-corrected chi connectivity index (χ1v) is 5.52. The average Bonchev–Trinajstić information content (AvgIpc) is 2.76. The van der Waals surface area contributed by atoms with E-state index < -0.39 is 11.8 Å². The molecule has 0 aliphatic carbocycles. The Labute approximate surface area is 103 Å². The molecular formula is C13H12FNO3. The number of hydrogen-bond acceptors (Lipinski definition) is 3. The summed E-state index contributed by atoms with van der Waals surface area (Å²) in [5.74, 6) is -1.90. The van der Waals surface area contributed by atoms with Crippen molar-refractivity contribution in [2.45, 2.75) is 20.3 Å². The molecule has 4 nitrogen and oxygen atoms in total. The first-order chi connectivity index (χ1) is 8.52. The van der Waals surface area contributed by atoms with Gasteiger partial charge in [-0.15, -0.1) is 0 Å². The molecule has 0 spiro atoms. The van der Waals surface area contributed by atoms with Gasteiger partial charge in [-0.05, 0) is 25.5 Å². The molecular weight excluding hydrogens is 237 g/mol. The number of halogens is 1. The van der Waals surface area contributed by atoms with Crippen LogP contribution in [-0.2, 0) is 6.42 Å². The molecule has 1 heterocycles. The Morgan fingerprint density at radius 2 is 2.22 bits per heavy atom. The molecule has 2 aromatic rings. The Balaban J connectivity index is 2.57. The minimum absolute atomic E-state index is 0.00505. The highest BCUT2D eigenvalue weighted by Crippen LogP contribution is 2.26. The van der Waals surface area contributed by atoms with E-state index >= 15 is 0 Å². The summed E-state index contributed by atoms with van der Waals surface area (Å²) in [6.07, 6.45) is 0.415. The molecule has 0 saturated carbocycles. The lowest BCUT2D eigenvalue weighted by Crippen LogP contribution is -1.98. The predicted molar refractivity (Wildman–Crippen MR) is 63.0 cm³/mol. The van der Waals surface area contributed by atoms with Crippen molar-refractivity contribution >= 4 is 5.97 Å². The van der Waals surface area contributed by atoms with Crippen molar-refractivity contribution in [3.8, 4) is 11.5 Å². The van der Waals surface area contributed by atoms with Crippen LogP contribution in [0.25, 0.3) is 11.5 Å². The van der Waals surface area contributed by atoms with Crippen LogP contribution in [0.3, 0.4) is 0 Å². The van der Waals surface area contributed by atoms with Crippen LogP contribution >= 0.6 is 0 Å². The summed E-state index contributed by atoms with van der Waals surface area (Å²) < 4.78 is 18.8. The maximum absolute atomic E-state index is 13.7. The van der Waals surface area contributed by atoms with Crippen LogP contribution in [-0.4, -0.2) is 16.1 Å². The number of aryl methyl sites for hydroxylation is 2. The SMILES string of the molecule is CCc1nc(-c2cc(C)ccc2F)oc1C(=O)O. The topological polar surface area (TPSA) is 63.3 Å². The van der Waals surface area contributed by atoms with Crippen LogP contribution in [0.1, 0.15) is 28.7 Å². The molecule has 2 rings (SSSR count). The quantitative estimate of drug-likeness (QED) is 0.908. The fourth-order valence-corrected chi connectivity index (χ4v) is 1.68. The largest absolute Gasteiger partial charge is 0.475 e. The molecule has 0 atom stereocenters. The predicted octanol–water partition coefficient (Wildman–Crippen LogP) is 3.05. The molecule has 0 aliphatic heterocycles. The Bertz CT molecular complexity index is 604. The number of oxazole rings is 1. The molecule has 0 saturated heterocycles. The lowest BCUT2D eigenvalue weighted by atomic mass is 10.1. The maximum Gasteiger partial charge on any atom is 0.373 e. The standard InChI is InChI=1S/C13H12FNO3/c1-3-10-11(13(16)17)18-12(15-10)8-6-7(2)4-5-9(8)14/h4-6H,3H2,1-2H3,(H,16,17). The van der Waals surface area contributed by atoms with Gasteiger partial charge in [0.1, 0.15) is 5.82 Å². The van der Waals surface area contributed by atoms with E-state index in [1.807, 2.05) is 6.92 Å². The van der Waals surface area contributed by atoms with E-state index in [1.165, 1.54) is 6.07 Å². The number of nitrogens with zero attached hydrogens (tertiary/aromatic N) is 1. The molecule has 5 heteroatoms. The number of carboxylic acid groups (broad SMARTS) is 1. The summed E-state index contributed by atoms with van der Waals surface area (Å²) in [4.78, 5) is 15.0. The van der Waals surface area contributed by atoms with Gasteiger partial charge in [-0.3, -0.25) is 0 Å². The second-order valence-corrected chi connectivity index (χ2v) is 3.94. The second-order valence-electron chi connectivity index (χ2n) is 3.94. The summed E-state index contributed by atoms with van der Waals surface area (Å²) in [5, 5.41) is 8.95. The molecule has 1 N–H and O–H groups in total. The van der Waals surface area contributed by atoms with E-state index in [9.17, 15) is 9.18 Å². The maximum atomic E-state index is 13.7. The van der Waals surface area contributed by atoms with Gasteiger partial charge in [0.25, 0.3) is 0 Å². The van der Waals surface area contributed by atoms with Crippen LogP contribution in [0, 0.1) is 12.7 Å². The number of aromatic nitrogens is 1. The van der Waals surface area contributed by atoms with Crippen LogP contribution in [0.5, 0.6) is 0 Å². The summed E-state index contributed by atoms with van der Waals surface area (Å²) in [7, 11) is 0. The molecule has 1 aromatic carbocycles. The number of carbonyl (C=O) groups is 1. The molecule has 0 amide bonds. The average molecular weight is 249 g/mol. The van der Waals surface area contributed by atoms with Crippen molar-refractivity contribution in [2.75, 3.05) is 0 Å². The minimum Gasteiger partial charge on any atom is -0.475 e. The highest BCUT2D eigenvalue weighted by atomic mass is 19.1. The summed E-state index contributed by atoms with van der Waals surface area (Å²) in [6, 6.07) is 4.51. The molecule has 0 fully saturated rings. The first kappa shape index (κ1) is 12.3. The highest BCUT2D eigenvalue weighted by Gasteiger charge is 2.20. The number of hydrogen-bond donors (Lipinski definition) is 1. The third kappa shape index (κ3) is 2.11. The van der Waals surface area contributed by atoms with Crippen LogP contribution in [0.2, 0.25) is 0 Å². The lowest BCUT2D eigenvalue weighted by molar-refractivity contribution is 0.0661. The zero-order valence-electron chi connectivity index (χ0n) is 10.0. The monoisotopic (exact) mass is 249 g/mol.